The first-order valence-corrected chi connectivity index (χ1v) is 5.23. The van der Waals surface area contributed by atoms with Gasteiger partial charge in [-0.3, -0.25) is 5.10 Å². The minimum absolute atomic E-state index is 1.04. The van der Waals surface area contributed by atoms with Crippen LogP contribution in [-0.4, -0.2) is 15.2 Å². The second kappa shape index (κ2) is 2.67. The second-order valence-corrected chi connectivity index (χ2v) is 4.30. The molecule has 3 rings (SSSR count). The zero-order valence-corrected chi connectivity index (χ0v) is 7.90. The van der Waals surface area contributed by atoms with Gasteiger partial charge in [0.2, 0.25) is 0 Å². The van der Waals surface area contributed by atoms with Crippen LogP contribution in [0.25, 0.3) is 10.7 Å². The Bertz CT molecular complexity index is 395. The molecule has 1 N–H and O–H groups in total. The summed E-state index contributed by atoms with van der Waals surface area (Å²) >= 11 is 1.80. The maximum atomic E-state index is 4.58. The van der Waals surface area contributed by atoms with Crippen LogP contribution >= 0.6 is 11.3 Å². The molecule has 0 aromatic carbocycles. The summed E-state index contributed by atoms with van der Waals surface area (Å²) in [7, 11) is 0. The Morgan fingerprint density at radius 3 is 3.15 bits per heavy atom. The summed E-state index contributed by atoms with van der Waals surface area (Å²) in [6.45, 7) is 0. The number of aryl methyl sites for hydroxylation is 2. The molecule has 1 aliphatic rings. The van der Waals surface area contributed by atoms with Gasteiger partial charge in [-0.05, 0) is 25.3 Å². The zero-order valence-electron chi connectivity index (χ0n) is 7.08. The molecule has 0 saturated heterocycles. The van der Waals surface area contributed by atoms with Gasteiger partial charge in [-0.1, -0.05) is 0 Å². The average molecular weight is 191 g/mol. The molecule has 0 bridgehead atoms. The third-order valence-corrected chi connectivity index (χ3v) is 3.52. The predicted octanol–water partition coefficient (Wildman–Crippen LogP) is 2.02. The number of nitrogens with zero attached hydrogens (tertiary/aromatic N) is 2. The highest BCUT2D eigenvalue weighted by Gasteiger charge is 2.17. The van der Waals surface area contributed by atoms with Crippen molar-refractivity contribution in [2.75, 3.05) is 0 Å². The molecule has 0 spiro atoms. The average Bonchev–Trinajstić information content (AvgIpc) is 2.78. The summed E-state index contributed by atoms with van der Waals surface area (Å²) in [5, 5.41) is 7.95. The first-order valence-electron chi connectivity index (χ1n) is 4.42. The van der Waals surface area contributed by atoms with Crippen LogP contribution in [-0.2, 0) is 12.8 Å². The molecule has 0 unspecified atom stereocenters. The maximum absolute atomic E-state index is 4.58. The number of hydrogen-bond donors (Lipinski definition) is 1. The standard InChI is InChI=1S/C9H9N3S/c1-2-6-8(3-1)13-9(11-6)7-4-5-10-12-7/h4-5H,1-3H2,(H,10,12). The van der Waals surface area contributed by atoms with Crippen LogP contribution in [0.3, 0.4) is 0 Å². The van der Waals surface area contributed by atoms with Gasteiger partial charge in [0.1, 0.15) is 5.01 Å². The summed E-state index contributed by atoms with van der Waals surface area (Å²) in [5.41, 5.74) is 2.34. The zero-order chi connectivity index (χ0) is 8.67. The van der Waals surface area contributed by atoms with E-state index in [9.17, 15) is 0 Å². The molecule has 13 heavy (non-hydrogen) atoms. The lowest BCUT2D eigenvalue weighted by Crippen LogP contribution is -1.80. The highest BCUT2D eigenvalue weighted by Crippen LogP contribution is 2.32. The van der Waals surface area contributed by atoms with E-state index >= 15 is 0 Å². The third-order valence-electron chi connectivity index (χ3n) is 2.33. The summed E-state index contributed by atoms with van der Waals surface area (Å²) in [5.74, 6) is 0. The Morgan fingerprint density at radius 2 is 2.38 bits per heavy atom. The molecule has 1 aliphatic carbocycles. The van der Waals surface area contributed by atoms with Gasteiger partial charge in [-0.15, -0.1) is 11.3 Å². The first-order chi connectivity index (χ1) is 6.43. The van der Waals surface area contributed by atoms with Crippen molar-refractivity contribution in [3.05, 3.63) is 22.8 Å². The lowest BCUT2D eigenvalue weighted by Gasteiger charge is -1.88. The van der Waals surface area contributed by atoms with E-state index in [-0.39, 0.29) is 0 Å². The largest absolute Gasteiger partial charge is 0.275 e. The molecule has 2 heterocycles. The van der Waals surface area contributed by atoms with Crippen LogP contribution in [0.5, 0.6) is 0 Å². The molecule has 0 atom stereocenters. The molecule has 0 fully saturated rings. The van der Waals surface area contributed by atoms with Crippen molar-refractivity contribution < 1.29 is 0 Å². The van der Waals surface area contributed by atoms with E-state index in [1.54, 1.807) is 17.5 Å². The number of aromatic amines is 1. The van der Waals surface area contributed by atoms with Crippen LogP contribution in [0.2, 0.25) is 0 Å². The molecule has 3 nitrogen and oxygen atoms in total. The van der Waals surface area contributed by atoms with E-state index in [0.717, 1.165) is 17.1 Å². The number of thiazole rings is 1. The van der Waals surface area contributed by atoms with E-state index in [4.69, 9.17) is 0 Å². The maximum Gasteiger partial charge on any atom is 0.141 e. The molecule has 0 aliphatic heterocycles. The number of H-pyrrole nitrogens is 1. The van der Waals surface area contributed by atoms with Crippen molar-refractivity contribution in [2.45, 2.75) is 19.3 Å². The van der Waals surface area contributed by atoms with Gasteiger partial charge in [0.15, 0.2) is 0 Å². The molecular formula is C9H9N3S. The normalized spacial score (nSPS) is 14.8. The molecule has 2 aromatic rings. The van der Waals surface area contributed by atoms with Crippen LogP contribution in [0.4, 0.5) is 0 Å². The molecule has 0 radical (unpaired) electrons. The van der Waals surface area contributed by atoms with Gasteiger partial charge in [0.25, 0.3) is 0 Å². The van der Waals surface area contributed by atoms with Gasteiger partial charge >= 0.3 is 0 Å². The number of hydrogen-bond acceptors (Lipinski definition) is 3. The van der Waals surface area contributed by atoms with Crippen molar-refractivity contribution in [3.8, 4) is 10.7 Å². The topological polar surface area (TPSA) is 41.6 Å². The quantitative estimate of drug-likeness (QED) is 0.749. The summed E-state index contributed by atoms with van der Waals surface area (Å²) in [6, 6.07) is 1.97. The fourth-order valence-electron chi connectivity index (χ4n) is 1.68. The minimum Gasteiger partial charge on any atom is -0.275 e. The fourth-order valence-corrected chi connectivity index (χ4v) is 2.81. The third kappa shape index (κ3) is 1.09. The van der Waals surface area contributed by atoms with Crippen molar-refractivity contribution in [1.82, 2.24) is 15.2 Å². The Hall–Kier alpha value is -1.16. The van der Waals surface area contributed by atoms with Crippen LogP contribution in [0, 0.1) is 0 Å². The molecule has 0 amide bonds. The smallest absolute Gasteiger partial charge is 0.141 e. The van der Waals surface area contributed by atoms with Crippen molar-refractivity contribution in [1.29, 1.82) is 0 Å². The van der Waals surface area contributed by atoms with Gasteiger partial charge in [0, 0.05) is 11.1 Å². The number of fused-ring (bicyclic) bond motifs is 1. The van der Waals surface area contributed by atoms with Gasteiger partial charge in [-0.2, -0.15) is 5.10 Å². The summed E-state index contributed by atoms with van der Waals surface area (Å²) in [4.78, 5) is 6.04. The molecule has 66 valence electrons. The molecule has 0 saturated carbocycles. The molecule has 4 heteroatoms. The van der Waals surface area contributed by atoms with Crippen molar-refractivity contribution in [2.24, 2.45) is 0 Å². The van der Waals surface area contributed by atoms with Crippen molar-refractivity contribution in [3.63, 3.8) is 0 Å². The Balaban J connectivity index is 2.08. The van der Waals surface area contributed by atoms with E-state index in [1.165, 1.54) is 23.4 Å². The van der Waals surface area contributed by atoms with E-state index in [2.05, 4.69) is 15.2 Å². The van der Waals surface area contributed by atoms with E-state index in [1.807, 2.05) is 6.07 Å². The second-order valence-electron chi connectivity index (χ2n) is 3.21. The summed E-state index contributed by atoms with van der Waals surface area (Å²) < 4.78 is 0. The number of aromatic nitrogens is 3. The highest BCUT2D eigenvalue weighted by atomic mass is 32.1. The number of nitrogens with one attached hydrogen (secondary N) is 1. The molecular weight excluding hydrogens is 182 g/mol. The van der Waals surface area contributed by atoms with Gasteiger partial charge in [-0.25, -0.2) is 4.98 Å². The predicted molar refractivity (Wildman–Crippen MR) is 51.7 cm³/mol. The van der Waals surface area contributed by atoms with Crippen LogP contribution < -0.4 is 0 Å². The lowest BCUT2D eigenvalue weighted by molar-refractivity contribution is 0.899. The SMILES string of the molecule is c1cc(-c2nc3c(s2)CCC3)[nH]n1. The number of rotatable bonds is 1. The van der Waals surface area contributed by atoms with Gasteiger partial charge in [0.05, 0.1) is 11.4 Å². The first kappa shape index (κ1) is 7.26. The lowest BCUT2D eigenvalue weighted by atomic mass is 10.4. The van der Waals surface area contributed by atoms with Crippen molar-refractivity contribution >= 4 is 11.3 Å². The van der Waals surface area contributed by atoms with Crippen LogP contribution in [0.15, 0.2) is 12.3 Å². The molecule has 2 aromatic heterocycles. The monoisotopic (exact) mass is 191 g/mol. The summed E-state index contributed by atoms with van der Waals surface area (Å²) in [6.07, 6.45) is 5.40. The van der Waals surface area contributed by atoms with Gasteiger partial charge < -0.3 is 0 Å². The Morgan fingerprint density at radius 1 is 1.38 bits per heavy atom. The minimum atomic E-state index is 1.04. The van der Waals surface area contributed by atoms with Crippen LogP contribution in [0.1, 0.15) is 17.0 Å². The van der Waals surface area contributed by atoms with E-state index in [0.29, 0.717) is 0 Å². The Kier molecular flexibility index (Phi) is 1.49. The fraction of sp³-hybridized carbons (Fsp3) is 0.333. The highest BCUT2D eigenvalue weighted by molar-refractivity contribution is 7.15. The Labute approximate surface area is 79.8 Å². The van der Waals surface area contributed by atoms with E-state index < -0.39 is 0 Å².